The lowest BCUT2D eigenvalue weighted by atomic mass is 10.1. The predicted molar refractivity (Wildman–Crippen MR) is 96.2 cm³/mol. The molecule has 0 amide bonds. The Bertz CT molecular complexity index is 811. The van der Waals surface area contributed by atoms with Crippen LogP contribution in [0.2, 0.25) is 0 Å². The summed E-state index contributed by atoms with van der Waals surface area (Å²) in [7, 11) is 0. The molecular formula is C18H21N5S. The number of imidazole rings is 1. The van der Waals surface area contributed by atoms with Gasteiger partial charge in [0.2, 0.25) is 0 Å². The number of fused-ring (bicyclic) bond motifs is 1. The molecule has 0 aromatic carbocycles. The van der Waals surface area contributed by atoms with Crippen LogP contribution in [0.25, 0.3) is 5.65 Å². The smallest absolute Gasteiger partial charge is 0.191 e. The zero-order valence-electron chi connectivity index (χ0n) is 13.6. The highest BCUT2D eigenvalue weighted by atomic mass is 32.2. The van der Waals surface area contributed by atoms with E-state index in [9.17, 15) is 0 Å². The molecule has 1 aliphatic rings. The van der Waals surface area contributed by atoms with Gasteiger partial charge in [0, 0.05) is 30.6 Å². The molecule has 1 saturated carbocycles. The fraction of sp³-hybridized carbons (Fsp3) is 0.389. The molecule has 3 aromatic rings. The maximum absolute atomic E-state index is 4.65. The van der Waals surface area contributed by atoms with E-state index in [2.05, 4.69) is 32.5 Å². The summed E-state index contributed by atoms with van der Waals surface area (Å²) in [6.07, 6.45) is 11.1. The summed E-state index contributed by atoms with van der Waals surface area (Å²) < 4.78 is 4.28. The van der Waals surface area contributed by atoms with Crippen LogP contribution >= 0.6 is 11.8 Å². The summed E-state index contributed by atoms with van der Waals surface area (Å²) in [5, 5.41) is 9.90. The predicted octanol–water partition coefficient (Wildman–Crippen LogP) is 4.06. The van der Waals surface area contributed by atoms with Gasteiger partial charge >= 0.3 is 0 Å². The van der Waals surface area contributed by atoms with Crippen molar-refractivity contribution in [1.82, 2.24) is 24.1 Å². The normalized spacial score (nSPS) is 15.3. The van der Waals surface area contributed by atoms with E-state index in [0.29, 0.717) is 5.92 Å². The Labute approximate surface area is 145 Å². The Morgan fingerprint density at radius 2 is 2.12 bits per heavy atom. The number of hydrogen-bond acceptors (Lipinski definition) is 4. The van der Waals surface area contributed by atoms with Crippen molar-refractivity contribution in [3.8, 4) is 0 Å². The maximum Gasteiger partial charge on any atom is 0.191 e. The van der Waals surface area contributed by atoms with Gasteiger partial charge in [-0.25, -0.2) is 4.98 Å². The van der Waals surface area contributed by atoms with E-state index in [0.717, 1.165) is 34.6 Å². The van der Waals surface area contributed by atoms with E-state index >= 15 is 0 Å². The van der Waals surface area contributed by atoms with Gasteiger partial charge in [-0.2, -0.15) is 0 Å². The SMILES string of the molecule is C=CCn1c(SCc2cn3ccccc3n2)nnc1C1CCCC1. The van der Waals surface area contributed by atoms with Gasteiger partial charge in [0.25, 0.3) is 0 Å². The van der Waals surface area contributed by atoms with Crippen LogP contribution in [0.4, 0.5) is 0 Å². The van der Waals surface area contributed by atoms with E-state index in [1.807, 2.05) is 34.9 Å². The van der Waals surface area contributed by atoms with Crippen LogP contribution in [-0.4, -0.2) is 24.1 Å². The van der Waals surface area contributed by atoms with Crippen molar-refractivity contribution < 1.29 is 0 Å². The molecule has 6 heteroatoms. The minimum Gasteiger partial charge on any atom is -0.307 e. The van der Waals surface area contributed by atoms with Crippen LogP contribution in [0.5, 0.6) is 0 Å². The van der Waals surface area contributed by atoms with Crippen molar-refractivity contribution in [2.75, 3.05) is 0 Å². The molecule has 1 aliphatic carbocycles. The zero-order chi connectivity index (χ0) is 16.4. The first kappa shape index (κ1) is 15.4. The van der Waals surface area contributed by atoms with Gasteiger partial charge in [0.1, 0.15) is 11.5 Å². The number of thioether (sulfide) groups is 1. The molecule has 0 atom stereocenters. The number of pyridine rings is 1. The second-order valence-electron chi connectivity index (χ2n) is 6.21. The fourth-order valence-electron chi connectivity index (χ4n) is 3.39. The van der Waals surface area contributed by atoms with E-state index in [1.54, 1.807) is 11.8 Å². The Kier molecular flexibility index (Phi) is 4.38. The van der Waals surface area contributed by atoms with Crippen LogP contribution in [0.1, 0.15) is 43.1 Å². The molecule has 0 aliphatic heterocycles. The lowest BCUT2D eigenvalue weighted by Gasteiger charge is -2.11. The van der Waals surface area contributed by atoms with Crippen LogP contribution in [0, 0.1) is 0 Å². The number of rotatable bonds is 6. The Hall–Kier alpha value is -2.08. The Morgan fingerprint density at radius 3 is 2.92 bits per heavy atom. The number of allylic oxidation sites excluding steroid dienone is 1. The lowest BCUT2D eigenvalue weighted by molar-refractivity contribution is 0.594. The van der Waals surface area contributed by atoms with Crippen LogP contribution < -0.4 is 0 Å². The second-order valence-corrected chi connectivity index (χ2v) is 7.15. The molecule has 0 bridgehead atoms. The minimum absolute atomic E-state index is 0.557. The van der Waals surface area contributed by atoms with Crippen molar-refractivity contribution in [3.05, 3.63) is 54.8 Å². The van der Waals surface area contributed by atoms with Crippen molar-refractivity contribution in [2.24, 2.45) is 0 Å². The van der Waals surface area contributed by atoms with Crippen LogP contribution in [-0.2, 0) is 12.3 Å². The largest absolute Gasteiger partial charge is 0.307 e. The molecule has 0 N–H and O–H groups in total. The lowest BCUT2D eigenvalue weighted by Crippen LogP contribution is -2.07. The van der Waals surface area contributed by atoms with Gasteiger partial charge in [0.15, 0.2) is 5.16 Å². The molecule has 124 valence electrons. The summed E-state index contributed by atoms with van der Waals surface area (Å²) in [6.45, 7) is 4.66. The first-order valence-electron chi connectivity index (χ1n) is 8.44. The Morgan fingerprint density at radius 1 is 1.25 bits per heavy atom. The van der Waals surface area contributed by atoms with Crippen molar-refractivity contribution in [2.45, 2.75) is 49.1 Å². The first-order valence-corrected chi connectivity index (χ1v) is 9.43. The van der Waals surface area contributed by atoms with E-state index < -0.39 is 0 Å². The molecule has 0 radical (unpaired) electrons. The quantitative estimate of drug-likeness (QED) is 0.502. The van der Waals surface area contributed by atoms with Crippen molar-refractivity contribution >= 4 is 17.4 Å². The molecule has 5 nitrogen and oxygen atoms in total. The highest BCUT2D eigenvalue weighted by molar-refractivity contribution is 7.98. The fourth-order valence-corrected chi connectivity index (χ4v) is 4.23. The Balaban J connectivity index is 1.54. The maximum atomic E-state index is 4.65. The third-order valence-corrected chi connectivity index (χ3v) is 5.54. The number of nitrogens with zero attached hydrogens (tertiary/aromatic N) is 5. The molecule has 4 rings (SSSR count). The van der Waals surface area contributed by atoms with Crippen LogP contribution in [0.3, 0.4) is 0 Å². The molecule has 1 fully saturated rings. The summed E-state index contributed by atoms with van der Waals surface area (Å²) in [5.41, 5.74) is 2.04. The average molecular weight is 339 g/mol. The topological polar surface area (TPSA) is 48.0 Å². The van der Waals surface area contributed by atoms with Crippen molar-refractivity contribution in [1.29, 1.82) is 0 Å². The molecule has 3 aromatic heterocycles. The minimum atomic E-state index is 0.557. The number of aromatic nitrogens is 5. The van der Waals surface area contributed by atoms with Crippen molar-refractivity contribution in [3.63, 3.8) is 0 Å². The van der Waals surface area contributed by atoms with Gasteiger partial charge < -0.3 is 8.97 Å². The summed E-state index contributed by atoms with van der Waals surface area (Å²) in [6, 6.07) is 6.04. The molecule has 24 heavy (non-hydrogen) atoms. The molecular weight excluding hydrogens is 318 g/mol. The van der Waals surface area contributed by atoms with E-state index in [1.165, 1.54) is 25.7 Å². The van der Waals surface area contributed by atoms with Gasteiger partial charge in [-0.15, -0.1) is 16.8 Å². The molecule has 0 saturated heterocycles. The van der Waals surface area contributed by atoms with Crippen LogP contribution in [0.15, 0.2) is 48.4 Å². The molecule has 0 spiro atoms. The standard InChI is InChI=1S/C18H21N5S/c1-2-10-23-17(14-7-3-4-8-14)20-21-18(23)24-13-15-12-22-11-6-5-9-16(22)19-15/h2,5-6,9,11-12,14H,1,3-4,7-8,10,13H2. The van der Waals surface area contributed by atoms with E-state index in [-0.39, 0.29) is 0 Å². The third-order valence-electron chi connectivity index (χ3n) is 4.54. The van der Waals surface area contributed by atoms with Gasteiger partial charge in [-0.05, 0) is 25.0 Å². The zero-order valence-corrected chi connectivity index (χ0v) is 14.5. The second kappa shape index (κ2) is 6.81. The average Bonchev–Trinajstić information content (AvgIpc) is 3.32. The monoisotopic (exact) mass is 339 g/mol. The summed E-state index contributed by atoms with van der Waals surface area (Å²) in [5.74, 6) is 2.48. The number of hydrogen-bond donors (Lipinski definition) is 0. The van der Waals surface area contributed by atoms with E-state index in [4.69, 9.17) is 0 Å². The van der Waals surface area contributed by atoms with Gasteiger partial charge in [-0.3, -0.25) is 0 Å². The third kappa shape index (κ3) is 2.98. The van der Waals surface area contributed by atoms with Gasteiger partial charge in [0.05, 0.1) is 5.69 Å². The molecule has 3 heterocycles. The summed E-state index contributed by atoms with van der Waals surface area (Å²) >= 11 is 1.70. The molecule has 0 unspecified atom stereocenters. The van der Waals surface area contributed by atoms with Gasteiger partial charge in [-0.1, -0.05) is 36.7 Å². The summed E-state index contributed by atoms with van der Waals surface area (Å²) in [4.78, 5) is 4.65. The highest BCUT2D eigenvalue weighted by Gasteiger charge is 2.24. The highest BCUT2D eigenvalue weighted by Crippen LogP contribution is 2.34. The first-order chi connectivity index (χ1) is 11.8.